The third-order valence-electron chi connectivity index (χ3n) is 4.53. The summed E-state index contributed by atoms with van der Waals surface area (Å²) in [5.74, 6) is -1.25. The van der Waals surface area contributed by atoms with Gasteiger partial charge in [-0.05, 0) is 30.4 Å². The molecule has 0 saturated carbocycles. The van der Waals surface area contributed by atoms with Gasteiger partial charge in [0.05, 0.1) is 6.61 Å². The van der Waals surface area contributed by atoms with Crippen molar-refractivity contribution in [3.05, 3.63) is 35.5 Å². The van der Waals surface area contributed by atoms with Gasteiger partial charge in [0.25, 0.3) is 0 Å². The van der Waals surface area contributed by atoms with Crippen molar-refractivity contribution >= 4 is 17.7 Å². The highest BCUT2D eigenvalue weighted by Crippen LogP contribution is 2.33. The second-order valence-corrected chi connectivity index (χ2v) is 7.14. The number of rotatable bonds is 5. The largest absolute Gasteiger partial charge is 0.461 e. The minimum absolute atomic E-state index is 0.0541. The van der Waals surface area contributed by atoms with E-state index in [1.807, 2.05) is 13.8 Å². The smallest absolute Gasteiger partial charge is 0.334 e. The van der Waals surface area contributed by atoms with E-state index in [-0.39, 0.29) is 42.9 Å². The molecule has 2 rings (SSSR count). The summed E-state index contributed by atoms with van der Waals surface area (Å²) in [7, 11) is 0. The van der Waals surface area contributed by atoms with Crippen LogP contribution in [0.3, 0.4) is 0 Å². The van der Waals surface area contributed by atoms with Crippen LogP contribution >= 0.6 is 0 Å². The van der Waals surface area contributed by atoms with Gasteiger partial charge >= 0.3 is 11.9 Å². The Morgan fingerprint density at radius 3 is 2.81 bits per heavy atom. The lowest BCUT2D eigenvalue weighted by molar-refractivity contribution is -0.143. The van der Waals surface area contributed by atoms with Crippen molar-refractivity contribution in [3.63, 3.8) is 0 Å². The zero-order valence-corrected chi connectivity index (χ0v) is 15.3. The number of ether oxygens (including phenoxy) is 2. The van der Waals surface area contributed by atoms with Crippen molar-refractivity contribution in [2.75, 3.05) is 13.2 Å². The fourth-order valence-electron chi connectivity index (χ4n) is 3.05. The van der Waals surface area contributed by atoms with E-state index in [4.69, 9.17) is 9.47 Å². The van der Waals surface area contributed by atoms with Crippen molar-refractivity contribution in [1.82, 2.24) is 0 Å². The number of hydrogen-bond donors (Lipinski definition) is 1. The lowest BCUT2D eigenvalue weighted by Gasteiger charge is -2.18. The summed E-state index contributed by atoms with van der Waals surface area (Å²) in [5.41, 5.74) is 1.41. The Balaban J connectivity index is 2.19. The number of allylic oxidation sites excluding steroid dienone is 1. The highest BCUT2D eigenvalue weighted by molar-refractivity contribution is 5.98. The molecule has 1 aliphatic carbocycles. The number of aliphatic hydroxyl groups excluding tert-OH is 1. The molecule has 1 heterocycles. The van der Waals surface area contributed by atoms with E-state index in [9.17, 15) is 19.5 Å². The summed E-state index contributed by atoms with van der Waals surface area (Å²) in [6.07, 6.45) is 4.34. The topological polar surface area (TPSA) is 89.9 Å². The Bertz CT molecular complexity index is 655. The first-order valence-electron chi connectivity index (χ1n) is 8.89. The van der Waals surface area contributed by atoms with Crippen LogP contribution in [0.25, 0.3) is 0 Å². The number of aliphatic hydroxyl groups is 1. The maximum atomic E-state index is 12.3. The fraction of sp³-hybridized carbons (Fsp3) is 0.550. The molecule has 0 aromatic heterocycles. The molecule has 1 saturated heterocycles. The average molecular weight is 362 g/mol. The summed E-state index contributed by atoms with van der Waals surface area (Å²) in [4.78, 5) is 36.0. The number of ketones is 1. The van der Waals surface area contributed by atoms with E-state index in [0.717, 1.165) is 5.57 Å². The van der Waals surface area contributed by atoms with E-state index in [1.54, 1.807) is 12.2 Å². The standard InChI is InChI=1S/C20H26O6/c1-12(2)7-19(23)25-11-14-5-4-6-15(10-21)17(22)9-16-13(3)20(24)26-18(16)8-14/h6,8,12,16,18,21H,3-5,7,9-11H2,1-2H3/b14-8?,15-6+/t16-,18+/m0/s1. The molecular formula is C20H26O6. The van der Waals surface area contributed by atoms with E-state index in [2.05, 4.69) is 6.58 Å². The number of carbonyl (C=O) groups excluding carboxylic acids is 3. The van der Waals surface area contributed by atoms with Gasteiger partial charge in [-0.3, -0.25) is 9.59 Å². The predicted molar refractivity (Wildman–Crippen MR) is 95.0 cm³/mol. The molecule has 0 unspecified atom stereocenters. The normalized spacial score (nSPS) is 25.9. The fourth-order valence-corrected chi connectivity index (χ4v) is 3.05. The van der Waals surface area contributed by atoms with Gasteiger partial charge in [-0.25, -0.2) is 4.79 Å². The summed E-state index contributed by atoms with van der Waals surface area (Å²) in [6.45, 7) is 7.39. The van der Waals surface area contributed by atoms with Crippen LogP contribution in [0.4, 0.5) is 0 Å². The molecule has 0 aromatic rings. The maximum Gasteiger partial charge on any atom is 0.334 e. The predicted octanol–water partition coefficient (Wildman–Crippen LogP) is 2.27. The minimum atomic E-state index is -0.601. The first kappa shape index (κ1) is 20.1. The average Bonchev–Trinajstić information content (AvgIpc) is 2.83. The molecule has 2 aliphatic rings. The Hall–Kier alpha value is -2.21. The molecule has 1 N–H and O–H groups in total. The molecule has 0 bridgehead atoms. The van der Waals surface area contributed by atoms with Crippen molar-refractivity contribution in [2.24, 2.45) is 11.8 Å². The lowest BCUT2D eigenvalue weighted by Crippen LogP contribution is -2.22. The second-order valence-electron chi connectivity index (χ2n) is 7.14. The van der Waals surface area contributed by atoms with E-state index in [1.165, 1.54) is 0 Å². The van der Waals surface area contributed by atoms with Crippen LogP contribution in [0.1, 0.15) is 39.5 Å². The summed E-state index contributed by atoms with van der Waals surface area (Å²) >= 11 is 0. The monoisotopic (exact) mass is 362 g/mol. The number of fused-ring (bicyclic) bond motifs is 1. The Labute approximate surface area is 153 Å². The zero-order valence-electron chi connectivity index (χ0n) is 15.3. The van der Waals surface area contributed by atoms with Gasteiger partial charge in [0.2, 0.25) is 0 Å². The SMILES string of the molecule is C=C1C(=O)O[C@@H]2C=C(COC(=O)CC(C)C)CC/C=C(\CO)C(=O)C[C@@H]12. The van der Waals surface area contributed by atoms with Crippen LogP contribution in [0.5, 0.6) is 0 Å². The molecule has 1 aliphatic heterocycles. The Morgan fingerprint density at radius 1 is 1.42 bits per heavy atom. The molecule has 6 nitrogen and oxygen atoms in total. The Kier molecular flexibility index (Phi) is 6.91. The van der Waals surface area contributed by atoms with Crippen molar-refractivity contribution in [3.8, 4) is 0 Å². The highest BCUT2D eigenvalue weighted by Gasteiger charge is 2.39. The number of esters is 2. The molecule has 0 aromatic carbocycles. The molecule has 1 fully saturated rings. The van der Waals surface area contributed by atoms with Crippen LogP contribution in [0.15, 0.2) is 35.5 Å². The molecule has 0 radical (unpaired) electrons. The molecule has 0 spiro atoms. The van der Waals surface area contributed by atoms with E-state index >= 15 is 0 Å². The van der Waals surface area contributed by atoms with Gasteiger partial charge < -0.3 is 14.6 Å². The van der Waals surface area contributed by atoms with Crippen molar-refractivity contribution < 1.29 is 29.0 Å². The highest BCUT2D eigenvalue weighted by atomic mass is 16.6. The van der Waals surface area contributed by atoms with Crippen LogP contribution in [-0.2, 0) is 23.9 Å². The number of carbonyl (C=O) groups is 3. The van der Waals surface area contributed by atoms with Crippen molar-refractivity contribution in [1.29, 1.82) is 0 Å². The van der Waals surface area contributed by atoms with Crippen molar-refractivity contribution in [2.45, 2.75) is 45.6 Å². The van der Waals surface area contributed by atoms with Gasteiger partial charge in [-0.2, -0.15) is 0 Å². The summed E-state index contributed by atoms with van der Waals surface area (Å²) in [5, 5.41) is 9.43. The van der Waals surface area contributed by atoms with Gasteiger partial charge in [-0.15, -0.1) is 0 Å². The van der Waals surface area contributed by atoms with Crippen LogP contribution < -0.4 is 0 Å². The molecule has 26 heavy (non-hydrogen) atoms. The number of Topliss-reactive ketones (excluding diaryl/α,β-unsaturated/α-hetero) is 1. The third kappa shape index (κ3) is 5.14. The zero-order chi connectivity index (χ0) is 19.3. The third-order valence-corrected chi connectivity index (χ3v) is 4.53. The first-order valence-corrected chi connectivity index (χ1v) is 8.89. The Morgan fingerprint density at radius 2 is 2.15 bits per heavy atom. The molecule has 6 heteroatoms. The van der Waals surface area contributed by atoms with Gasteiger partial charge in [0.1, 0.15) is 12.7 Å². The van der Waals surface area contributed by atoms with Crippen LogP contribution in [-0.4, -0.2) is 42.1 Å². The molecule has 0 amide bonds. The lowest BCUT2D eigenvalue weighted by atomic mass is 9.87. The maximum absolute atomic E-state index is 12.3. The van der Waals surface area contributed by atoms with E-state index < -0.39 is 18.0 Å². The minimum Gasteiger partial charge on any atom is -0.461 e. The van der Waals surface area contributed by atoms with E-state index in [0.29, 0.717) is 24.8 Å². The summed E-state index contributed by atoms with van der Waals surface area (Å²) < 4.78 is 10.7. The van der Waals surface area contributed by atoms with Gasteiger partial charge in [0, 0.05) is 29.9 Å². The molecule has 2 atom stereocenters. The number of hydrogen-bond acceptors (Lipinski definition) is 6. The van der Waals surface area contributed by atoms with Gasteiger partial charge in [0.15, 0.2) is 5.78 Å². The first-order chi connectivity index (χ1) is 12.3. The molecular weight excluding hydrogens is 336 g/mol. The van der Waals surface area contributed by atoms with Gasteiger partial charge in [-0.1, -0.05) is 26.5 Å². The second kappa shape index (κ2) is 8.94. The molecule has 142 valence electrons. The van der Waals surface area contributed by atoms with Crippen LogP contribution in [0, 0.1) is 11.8 Å². The van der Waals surface area contributed by atoms with Crippen LogP contribution in [0.2, 0.25) is 0 Å². The summed E-state index contributed by atoms with van der Waals surface area (Å²) in [6, 6.07) is 0. The quantitative estimate of drug-likeness (QED) is 0.458.